The number of aromatic nitrogens is 2. The first-order chi connectivity index (χ1) is 12.7. The average molecular weight is 391 g/mol. The highest BCUT2D eigenvalue weighted by Gasteiger charge is 2.38. The molecule has 2 atom stereocenters. The largest absolute Gasteiger partial charge is 0.490 e. The van der Waals surface area contributed by atoms with E-state index in [-0.39, 0.29) is 36.3 Å². The standard InChI is InChI=1S/C20H26N4O2.ClH/c1-23-14-15(11-22-23)18-12-21-13-19(18)20(25)24-9-7-17(8-10-24)26-16-5-3-2-4-6-16;/h2-6,11,14,17-19,21H,7-10,12-13H2,1H3;1H/t18-,19+;/m1./s1. The number of nitrogens with zero attached hydrogens (tertiary/aromatic N) is 3. The number of aryl methyl sites for hydroxylation is 1. The molecule has 0 unspecified atom stereocenters. The van der Waals surface area contributed by atoms with Crippen molar-refractivity contribution in [3.8, 4) is 5.75 Å². The monoisotopic (exact) mass is 390 g/mol. The quantitative estimate of drug-likeness (QED) is 0.869. The topological polar surface area (TPSA) is 59.4 Å². The van der Waals surface area contributed by atoms with Crippen LogP contribution in [-0.2, 0) is 11.8 Å². The molecule has 0 saturated carbocycles. The third-order valence-electron chi connectivity index (χ3n) is 5.48. The normalized spacial score (nSPS) is 23.1. The number of carbonyl (C=O) groups excluding carboxylic acids is 1. The lowest BCUT2D eigenvalue weighted by atomic mass is 9.89. The molecule has 0 bridgehead atoms. The van der Waals surface area contributed by atoms with Gasteiger partial charge in [0, 0.05) is 58.2 Å². The van der Waals surface area contributed by atoms with Gasteiger partial charge in [-0.25, -0.2) is 0 Å². The number of rotatable bonds is 4. The highest BCUT2D eigenvalue weighted by Crippen LogP contribution is 2.30. The van der Waals surface area contributed by atoms with Gasteiger partial charge in [-0.2, -0.15) is 5.10 Å². The Bertz CT molecular complexity index is 743. The summed E-state index contributed by atoms with van der Waals surface area (Å²) in [6, 6.07) is 9.93. The Labute approximate surface area is 166 Å². The predicted octanol–water partition coefficient (Wildman–Crippen LogP) is 2.21. The molecule has 2 aromatic rings. The molecule has 4 rings (SSSR count). The first kappa shape index (κ1) is 19.7. The van der Waals surface area contributed by atoms with Crippen LogP contribution in [0.25, 0.3) is 0 Å². The van der Waals surface area contributed by atoms with Crippen molar-refractivity contribution in [1.29, 1.82) is 0 Å². The number of hydrogen-bond acceptors (Lipinski definition) is 4. The van der Waals surface area contributed by atoms with Gasteiger partial charge in [0.05, 0.1) is 12.1 Å². The van der Waals surface area contributed by atoms with Gasteiger partial charge in [0.2, 0.25) is 5.91 Å². The van der Waals surface area contributed by atoms with Crippen LogP contribution in [0.4, 0.5) is 0 Å². The van der Waals surface area contributed by atoms with E-state index >= 15 is 0 Å². The number of piperidine rings is 1. The van der Waals surface area contributed by atoms with E-state index in [2.05, 4.69) is 10.4 Å². The summed E-state index contributed by atoms with van der Waals surface area (Å²) in [4.78, 5) is 15.1. The van der Waals surface area contributed by atoms with Crippen molar-refractivity contribution in [3.05, 3.63) is 48.3 Å². The number of amides is 1. The molecule has 0 spiro atoms. The van der Waals surface area contributed by atoms with Crippen LogP contribution in [-0.4, -0.2) is 52.9 Å². The molecule has 0 aliphatic carbocycles. The summed E-state index contributed by atoms with van der Waals surface area (Å²) in [7, 11) is 1.92. The van der Waals surface area contributed by atoms with Gasteiger partial charge in [-0.05, 0) is 17.7 Å². The molecule has 6 nitrogen and oxygen atoms in total. The zero-order valence-electron chi connectivity index (χ0n) is 15.6. The Morgan fingerprint density at radius 3 is 2.59 bits per heavy atom. The van der Waals surface area contributed by atoms with Crippen LogP contribution in [0.3, 0.4) is 0 Å². The lowest BCUT2D eigenvalue weighted by Crippen LogP contribution is -2.45. The number of carbonyl (C=O) groups is 1. The summed E-state index contributed by atoms with van der Waals surface area (Å²) >= 11 is 0. The van der Waals surface area contributed by atoms with Crippen LogP contribution in [0, 0.1) is 5.92 Å². The third kappa shape index (κ3) is 4.45. The summed E-state index contributed by atoms with van der Waals surface area (Å²) < 4.78 is 7.85. The number of nitrogens with one attached hydrogen (secondary N) is 1. The van der Waals surface area contributed by atoms with Crippen LogP contribution >= 0.6 is 12.4 Å². The maximum absolute atomic E-state index is 13.1. The summed E-state index contributed by atoms with van der Waals surface area (Å²) in [5, 5.41) is 7.65. The summed E-state index contributed by atoms with van der Waals surface area (Å²) in [5.41, 5.74) is 1.15. The molecule has 0 radical (unpaired) electrons. The maximum Gasteiger partial charge on any atom is 0.227 e. The molecular weight excluding hydrogens is 364 g/mol. The molecule has 27 heavy (non-hydrogen) atoms. The molecule has 1 aromatic carbocycles. The Morgan fingerprint density at radius 2 is 1.93 bits per heavy atom. The van der Waals surface area contributed by atoms with E-state index in [0.29, 0.717) is 0 Å². The van der Waals surface area contributed by atoms with Crippen molar-refractivity contribution >= 4 is 18.3 Å². The molecule has 146 valence electrons. The molecular formula is C20H27ClN4O2. The molecule has 1 amide bonds. The summed E-state index contributed by atoms with van der Waals surface area (Å²) in [5.74, 6) is 1.40. The second kappa shape index (κ2) is 8.76. The zero-order chi connectivity index (χ0) is 17.9. The number of para-hydroxylation sites is 1. The molecule has 2 aliphatic rings. The summed E-state index contributed by atoms with van der Waals surface area (Å²) in [6.45, 7) is 3.13. The van der Waals surface area contributed by atoms with Gasteiger partial charge >= 0.3 is 0 Å². The third-order valence-corrected chi connectivity index (χ3v) is 5.48. The van der Waals surface area contributed by atoms with Crippen LogP contribution in [0.5, 0.6) is 5.75 Å². The first-order valence-electron chi connectivity index (χ1n) is 9.40. The number of ether oxygens (including phenoxy) is 1. The van der Waals surface area contributed by atoms with Crippen molar-refractivity contribution in [3.63, 3.8) is 0 Å². The second-order valence-corrected chi connectivity index (χ2v) is 7.27. The minimum Gasteiger partial charge on any atom is -0.490 e. The number of hydrogen-bond donors (Lipinski definition) is 1. The molecule has 2 fully saturated rings. The van der Waals surface area contributed by atoms with Gasteiger partial charge in [0.1, 0.15) is 11.9 Å². The summed E-state index contributed by atoms with van der Waals surface area (Å²) in [6.07, 6.45) is 5.88. The Morgan fingerprint density at radius 1 is 1.19 bits per heavy atom. The van der Waals surface area contributed by atoms with Crippen LogP contribution in [0.2, 0.25) is 0 Å². The zero-order valence-corrected chi connectivity index (χ0v) is 16.4. The fraction of sp³-hybridized carbons (Fsp3) is 0.500. The van der Waals surface area contributed by atoms with E-state index in [1.165, 1.54) is 0 Å². The van der Waals surface area contributed by atoms with E-state index in [0.717, 1.165) is 50.3 Å². The van der Waals surface area contributed by atoms with E-state index in [1.54, 1.807) is 0 Å². The molecule has 2 aliphatic heterocycles. The average Bonchev–Trinajstić information content (AvgIpc) is 3.31. The smallest absolute Gasteiger partial charge is 0.227 e. The van der Waals surface area contributed by atoms with Crippen molar-refractivity contribution in [2.75, 3.05) is 26.2 Å². The molecule has 1 N–H and O–H groups in total. The second-order valence-electron chi connectivity index (χ2n) is 7.27. The first-order valence-corrected chi connectivity index (χ1v) is 9.40. The Balaban J connectivity index is 0.00000210. The van der Waals surface area contributed by atoms with Gasteiger partial charge in [0.15, 0.2) is 0 Å². The van der Waals surface area contributed by atoms with Crippen molar-refractivity contribution in [2.24, 2.45) is 13.0 Å². The van der Waals surface area contributed by atoms with Crippen LogP contribution in [0.1, 0.15) is 24.3 Å². The molecule has 7 heteroatoms. The van der Waals surface area contributed by atoms with Gasteiger partial charge in [0.25, 0.3) is 0 Å². The fourth-order valence-electron chi connectivity index (χ4n) is 4.04. The van der Waals surface area contributed by atoms with Crippen molar-refractivity contribution in [1.82, 2.24) is 20.0 Å². The lowest BCUT2D eigenvalue weighted by molar-refractivity contribution is -0.137. The minimum atomic E-state index is 0. The van der Waals surface area contributed by atoms with Gasteiger partial charge < -0.3 is 15.0 Å². The SMILES string of the molecule is Cl.Cn1cc([C@H]2CNC[C@@H]2C(=O)N2CCC(Oc3ccccc3)CC2)cn1. The van der Waals surface area contributed by atoms with Crippen LogP contribution < -0.4 is 10.1 Å². The van der Waals surface area contributed by atoms with E-state index in [1.807, 2.05) is 59.4 Å². The van der Waals surface area contributed by atoms with E-state index in [4.69, 9.17) is 4.74 Å². The van der Waals surface area contributed by atoms with E-state index in [9.17, 15) is 4.79 Å². The Kier molecular flexibility index (Phi) is 6.39. The fourth-order valence-corrected chi connectivity index (χ4v) is 4.04. The van der Waals surface area contributed by atoms with Gasteiger partial charge in [-0.1, -0.05) is 18.2 Å². The number of likely N-dealkylation sites (tertiary alicyclic amines) is 1. The highest BCUT2D eigenvalue weighted by molar-refractivity contribution is 5.85. The van der Waals surface area contributed by atoms with E-state index < -0.39 is 0 Å². The molecule has 3 heterocycles. The van der Waals surface area contributed by atoms with Gasteiger partial charge in [-0.3, -0.25) is 9.48 Å². The molecule has 1 aromatic heterocycles. The number of benzene rings is 1. The maximum atomic E-state index is 13.1. The number of halogens is 1. The van der Waals surface area contributed by atoms with Crippen LogP contribution in [0.15, 0.2) is 42.7 Å². The van der Waals surface area contributed by atoms with Crippen molar-refractivity contribution < 1.29 is 9.53 Å². The van der Waals surface area contributed by atoms with Crippen molar-refractivity contribution in [2.45, 2.75) is 24.9 Å². The molecule has 2 saturated heterocycles. The Hall–Kier alpha value is -2.05. The lowest BCUT2D eigenvalue weighted by Gasteiger charge is -2.34. The van der Waals surface area contributed by atoms with Gasteiger partial charge in [-0.15, -0.1) is 12.4 Å². The minimum absolute atomic E-state index is 0. The predicted molar refractivity (Wildman–Crippen MR) is 106 cm³/mol. The highest BCUT2D eigenvalue weighted by atomic mass is 35.5.